The van der Waals surface area contributed by atoms with E-state index in [9.17, 15) is 4.79 Å². The normalized spacial score (nSPS) is 10.8. The van der Waals surface area contributed by atoms with Crippen LogP contribution < -0.4 is 10.1 Å². The molecule has 8 heteroatoms. The van der Waals surface area contributed by atoms with Crippen LogP contribution in [0.25, 0.3) is 17.1 Å². The summed E-state index contributed by atoms with van der Waals surface area (Å²) >= 11 is 1.58. The lowest BCUT2D eigenvalue weighted by molar-refractivity contribution is -0.121. The third-order valence-corrected chi connectivity index (χ3v) is 5.81. The summed E-state index contributed by atoms with van der Waals surface area (Å²) < 4.78 is 12.6. The number of nitrogens with one attached hydrogen (secondary N) is 1. The van der Waals surface area contributed by atoms with E-state index >= 15 is 0 Å². The third kappa shape index (κ3) is 5.39. The summed E-state index contributed by atoms with van der Waals surface area (Å²) in [7, 11) is 1.65. The number of hydrogen-bond donors (Lipinski definition) is 1. The molecule has 4 rings (SSSR count). The van der Waals surface area contributed by atoms with Gasteiger partial charge in [0.25, 0.3) is 0 Å². The van der Waals surface area contributed by atoms with E-state index in [4.69, 9.17) is 9.15 Å². The molecule has 164 valence electrons. The number of carbonyl (C=O) groups is 1. The van der Waals surface area contributed by atoms with Crippen molar-refractivity contribution < 1.29 is 13.9 Å². The lowest BCUT2D eigenvalue weighted by Gasteiger charge is -2.11. The minimum atomic E-state index is 0.00333. The van der Waals surface area contributed by atoms with E-state index in [0.717, 1.165) is 45.9 Å². The Morgan fingerprint density at radius 3 is 2.75 bits per heavy atom. The van der Waals surface area contributed by atoms with Gasteiger partial charge in [-0.15, -0.1) is 10.2 Å². The molecular formula is C24H24N4O3S. The molecule has 1 amide bonds. The van der Waals surface area contributed by atoms with Gasteiger partial charge in [-0.1, -0.05) is 42.1 Å². The summed E-state index contributed by atoms with van der Waals surface area (Å²) in [5.41, 5.74) is 1.90. The molecule has 0 aliphatic rings. The molecule has 0 saturated carbocycles. The maximum Gasteiger partial charge on any atom is 0.220 e. The van der Waals surface area contributed by atoms with Gasteiger partial charge in [0.1, 0.15) is 11.5 Å². The van der Waals surface area contributed by atoms with Crippen molar-refractivity contribution in [2.75, 3.05) is 12.9 Å². The fourth-order valence-corrected chi connectivity index (χ4v) is 4.10. The molecular weight excluding hydrogens is 424 g/mol. The quantitative estimate of drug-likeness (QED) is 0.279. The van der Waals surface area contributed by atoms with Crippen LogP contribution >= 0.6 is 11.8 Å². The smallest absolute Gasteiger partial charge is 0.220 e. The number of amides is 1. The van der Waals surface area contributed by atoms with E-state index in [1.807, 2.05) is 65.2 Å². The minimum absolute atomic E-state index is 0.00333. The Morgan fingerprint density at radius 1 is 1.09 bits per heavy atom. The summed E-state index contributed by atoms with van der Waals surface area (Å²) in [5.74, 6) is 3.00. The molecule has 2 aromatic heterocycles. The molecule has 0 unspecified atom stereocenters. The van der Waals surface area contributed by atoms with E-state index in [-0.39, 0.29) is 5.91 Å². The second kappa shape index (κ2) is 10.7. The van der Waals surface area contributed by atoms with Crippen LogP contribution in [0.3, 0.4) is 0 Å². The Balaban J connectivity index is 1.43. The maximum atomic E-state index is 12.1. The van der Waals surface area contributed by atoms with Crippen LogP contribution in [-0.2, 0) is 11.3 Å². The lowest BCUT2D eigenvalue weighted by atomic mass is 10.2. The van der Waals surface area contributed by atoms with Crippen molar-refractivity contribution in [2.45, 2.75) is 24.5 Å². The number of thioether (sulfide) groups is 1. The predicted molar refractivity (Wildman–Crippen MR) is 124 cm³/mol. The SMILES string of the molecule is COc1cccc(-c2nnc(SCCCC(=O)NCc3ccco3)n2-c2ccccc2)c1. The van der Waals surface area contributed by atoms with Crippen LogP contribution in [0.1, 0.15) is 18.6 Å². The summed E-state index contributed by atoms with van der Waals surface area (Å²) in [6.07, 6.45) is 2.77. The Labute approximate surface area is 190 Å². The highest BCUT2D eigenvalue weighted by Crippen LogP contribution is 2.30. The second-order valence-corrected chi connectivity index (χ2v) is 8.08. The van der Waals surface area contributed by atoms with Crippen LogP contribution in [0, 0.1) is 0 Å². The fraction of sp³-hybridized carbons (Fsp3) is 0.208. The summed E-state index contributed by atoms with van der Waals surface area (Å²) in [4.78, 5) is 12.1. The maximum absolute atomic E-state index is 12.1. The van der Waals surface area contributed by atoms with Crippen LogP contribution in [0.2, 0.25) is 0 Å². The number of methoxy groups -OCH3 is 1. The second-order valence-electron chi connectivity index (χ2n) is 7.02. The third-order valence-electron chi connectivity index (χ3n) is 4.79. The molecule has 4 aromatic rings. The van der Waals surface area contributed by atoms with Crippen molar-refractivity contribution >= 4 is 17.7 Å². The predicted octanol–water partition coefficient (Wildman–Crippen LogP) is 4.72. The standard InChI is InChI=1S/C24H24N4O3S/c1-30-20-11-5-8-18(16-20)23-26-27-24(28(23)19-9-3-2-4-10-19)32-15-7-13-22(29)25-17-21-12-6-14-31-21/h2-6,8-12,14,16H,7,13,15,17H2,1H3,(H,25,29). The monoisotopic (exact) mass is 448 g/mol. The number of nitrogens with zero attached hydrogens (tertiary/aromatic N) is 3. The van der Waals surface area contributed by atoms with E-state index in [0.29, 0.717) is 13.0 Å². The van der Waals surface area contributed by atoms with Crippen molar-refractivity contribution in [3.63, 3.8) is 0 Å². The first kappa shape index (κ1) is 21.7. The minimum Gasteiger partial charge on any atom is -0.497 e. The molecule has 0 aliphatic heterocycles. The summed E-state index contributed by atoms with van der Waals surface area (Å²) in [6, 6.07) is 21.4. The highest BCUT2D eigenvalue weighted by atomic mass is 32.2. The van der Waals surface area contributed by atoms with Gasteiger partial charge < -0.3 is 14.5 Å². The Morgan fingerprint density at radius 2 is 1.97 bits per heavy atom. The van der Waals surface area contributed by atoms with Crippen LogP contribution in [0.4, 0.5) is 0 Å². The largest absolute Gasteiger partial charge is 0.497 e. The number of para-hydroxylation sites is 1. The van der Waals surface area contributed by atoms with Crippen molar-refractivity contribution in [3.05, 3.63) is 78.8 Å². The first-order chi connectivity index (χ1) is 15.7. The summed E-state index contributed by atoms with van der Waals surface area (Å²) in [5, 5.41) is 12.5. The van der Waals surface area contributed by atoms with Crippen LogP contribution in [0.15, 0.2) is 82.6 Å². The molecule has 32 heavy (non-hydrogen) atoms. The first-order valence-electron chi connectivity index (χ1n) is 10.3. The molecule has 7 nitrogen and oxygen atoms in total. The van der Waals surface area contributed by atoms with Crippen molar-refractivity contribution in [3.8, 4) is 22.8 Å². The average Bonchev–Trinajstić information content (AvgIpc) is 3.51. The van der Waals surface area contributed by atoms with Gasteiger partial charge in [-0.3, -0.25) is 9.36 Å². The molecule has 0 radical (unpaired) electrons. The number of ether oxygens (including phenoxy) is 1. The molecule has 0 atom stereocenters. The zero-order chi connectivity index (χ0) is 22.2. The Kier molecular flexibility index (Phi) is 7.24. The number of benzene rings is 2. The number of aromatic nitrogens is 3. The highest BCUT2D eigenvalue weighted by Gasteiger charge is 2.16. The number of carbonyl (C=O) groups excluding carboxylic acids is 1. The number of hydrogen-bond acceptors (Lipinski definition) is 6. The molecule has 0 spiro atoms. The van der Waals surface area contributed by atoms with Gasteiger partial charge in [0.15, 0.2) is 11.0 Å². The van der Waals surface area contributed by atoms with Crippen molar-refractivity contribution in [1.82, 2.24) is 20.1 Å². The summed E-state index contributed by atoms with van der Waals surface area (Å²) in [6.45, 7) is 0.408. The van der Waals surface area contributed by atoms with Gasteiger partial charge in [0.2, 0.25) is 5.91 Å². The van der Waals surface area contributed by atoms with E-state index < -0.39 is 0 Å². The fourth-order valence-electron chi connectivity index (χ4n) is 3.21. The molecule has 0 aliphatic carbocycles. The van der Waals surface area contributed by atoms with Gasteiger partial charge in [-0.2, -0.15) is 0 Å². The first-order valence-corrected chi connectivity index (χ1v) is 11.3. The van der Waals surface area contributed by atoms with E-state index in [2.05, 4.69) is 15.5 Å². The highest BCUT2D eigenvalue weighted by molar-refractivity contribution is 7.99. The van der Waals surface area contributed by atoms with Gasteiger partial charge in [0.05, 0.1) is 19.9 Å². The van der Waals surface area contributed by atoms with Gasteiger partial charge >= 0.3 is 0 Å². The lowest BCUT2D eigenvalue weighted by Crippen LogP contribution is -2.22. The Hall–Kier alpha value is -3.52. The number of furan rings is 1. The van der Waals surface area contributed by atoms with Crippen molar-refractivity contribution in [2.24, 2.45) is 0 Å². The molecule has 0 bridgehead atoms. The van der Waals surface area contributed by atoms with Gasteiger partial charge in [-0.25, -0.2) is 0 Å². The Bertz CT molecular complexity index is 1140. The molecule has 2 aromatic carbocycles. The van der Waals surface area contributed by atoms with Crippen LogP contribution in [-0.4, -0.2) is 33.5 Å². The van der Waals surface area contributed by atoms with Gasteiger partial charge in [-0.05, 0) is 42.8 Å². The van der Waals surface area contributed by atoms with Crippen molar-refractivity contribution in [1.29, 1.82) is 0 Å². The van der Waals surface area contributed by atoms with Crippen LogP contribution in [0.5, 0.6) is 5.75 Å². The molecule has 1 N–H and O–H groups in total. The zero-order valence-electron chi connectivity index (χ0n) is 17.7. The molecule has 0 saturated heterocycles. The van der Waals surface area contributed by atoms with Gasteiger partial charge in [0, 0.05) is 23.4 Å². The molecule has 2 heterocycles. The topological polar surface area (TPSA) is 82.2 Å². The average molecular weight is 449 g/mol. The van der Waals surface area contributed by atoms with E-state index in [1.54, 1.807) is 31.2 Å². The number of rotatable bonds is 10. The van der Waals surface area contributed by atoms with E-state index in [1.165, 1.54) is 0 Å². The molecule has 0 fully saturated rings. The zero-order valence-corrected chi connectivity index (χ0v) is 18.5.